The molecule has 2 N–H and O–H groups in total. The lowest BCUT2D eigenvalue weighted by atomic mass is 9.76. The molecule has 1 aliphatic carbocycles. The molecule has 1 saturated carbocycles. The Morgan fingerprint density at radius 1 is 1.43 bits per heavy atom. The maximum Gasteiger partial charge on any atom is 0.329 e. The van der Waals surface area contributed by atoms with Crippen LogP contribution >= 0.6 is 11.6 Å². The molecule has 0 aliphatic heterocycles. The fourth-order valence-corrected chi connectivity index (χ4v) is 3.21. The van der Waals surface area contributed by atoms with E-state index in [0.717, 1.165) is 18.4 Å². The van der Waals surface area contributed by atoms with Gasteiger partial charge in [-0.25, -0.2) is 4.79 Å². The highest BCUT2D eigenvalue weighted by Crippen LogP contribution is 2.33. The molecule has 0 aromatic heterocycles. The first-order chi connectivity index (χ1) is 9.84. The van der Waals surface area contributed by atoms with E-state index in [4.69, 9.17) is 11.6 Å². The summed E-state index contributed by atoms with van der Waals surface area (Å²) >= 11 is 5.93. The number of nitrogens with one attached hydrogen (secondary N) is 1. The van der Waals surface area contributed by atoms with E-state index in [1.54, 1.807) is 18.2 Å². The van der Waals surface area contributed by atoms with Crippen LogP contribution in [0.5, 0.6) is 0 Å². The van der Waals surface area contributed by atoms with E-state index in [1.807, 2.05) is 13.8 Å². The molecule has 2 atom stereocenters. The van der Waals surface area contributed by atoms with E-state index in [-0.39, 0.29) is 11.8 Å². The van der Waals surface area contributed by atoms with Gasteiger partial charge in [-0.2, -0.15) is 0 Å². The first kappa shape index (κ1) is 15.8. The Hall–Kier alpha value is -1.55. The molecule has 2 rings (SSSR count). The molecule has 1 aromatic carbocycles. The van der Waals surface area contributed by atoms with Gasteiger partial charge in [0.2, 0.25) is 0 Å². The van der Waals surface area contributed by atoms with Crippen molar-refractivity contribution in [1.82, 2.24) is 5.32 Å². The molecular formula is C16H20ClNO3. The van der Waals surface area contributed by atoms with Gasteiger partial charge in [-0.05, 0) is 43.4 Å². The molecule has 0 spiro atoms. The van der Waals surface area contributed by atoms with Crippen LogP contribution in [0.2, 0.25) is 5.02 Å². The number of hydrogen-bond acceptors (Lipinski definition) is 2. The number of amides is 1. The minimum atomic E-state index is -1.16. The van der Waals surface area contributed by atoms with Crippen LogP contribution in [0, 0.1) is 12.8 Å². The highest BCUT2D eigenvalue weighted by molar-refractivity contribution is 6.31. The Morgan fingerprint density at radius 3 is 2.76 bits per heavy atom. The zero-order valence-electron chi connectivity index (χ0n) is 12.3. The third-order valence-electron chi connectivity index (χ3n) is 4.20. The standard InChI is InChI=1S/C16H20ClNO3/c1-10-4-3-7-16(9-10,15(20)21)18-14(19)13-8-12(17)6-5-11(13)2/h5-6,8,10H,3-4,7,9H2,1-2H3,(H,18,19)(H,20,21). The van der Waals surface area contributed by atoms with Gasteiger partial charge in [0.05, 0.1) is 0 Å². The monoisotopic (exact) mass is 309 g/mol. The van der Waals surface area contributed by atoms with E-state index >= 15 is 0 Å². The van der Waals surface area contributed by atoms with Crippen LogP contribution in [0.1, 0.15) is 48.5 Å². The third-order valence-corrected chi connectivity index (χ3v) is 4.44. The second-order valence-electron chi connectivity index (χ2n) is 6.00. The van der Waals surface area contributed by atoms with Crippen LogP contribution < -0.4 is 5.32 Å². The van der Waals surface area contributed by atoms with Crippen LogP contribution in [0.4, 0.5) is 0 Å². The summed E-state index contributed by atoms with van der Waals surface area (Å²) in [6.07, 6.45) is 2.75. The van der Waals surface area contributed by atoms with Crippen molar-refractivity contribution in [2.75, 3.05) is 0 Å². The summed E-state index contributed by atoms with van der Waals surface area (Å²) in [4.78, 5) is 24.2. The van der Waals surface area contributed by atoms with Crippen molar-refractivity contribution in [3.05, 3.63) is 34.3 Å². The minimum Gasteiger partial charge on any atom is -0.480 e. The molecule has 1 aliphatic rings. The van der Waals surface area contributed by atoms with Gasteiger partial charge in [0.1, 0.15) is 5.54 Å². The average molecular weight is 310 g/mol. The van der Waals surface area contributed by atoms with Gasteiger partial charge >= 0.3 is 5.97 Å². The average Bonchev–Trinajstić information content (AvgIpc) is 2.41. The number of rotatable bonds is 3. The lowest BCUT2D eigenvalue weighted by molar-refractivity contribution is -0.146. The highest BCUT2D eigenvalue weighted by atomic mass is 35.5. The predicted molar refractivity (Wildman–Crippen MR) is 81.7 cm³/mol. The normalized spacial score (nSPS) is 25.4. The maximum absolute atomic E-state index is 12.5. The van der Waals surface area contributed by atoms with Gasteiger partial charge in [0.25, 0.3) is 5.91 Å². The van der Waals surface area contributed by atoms with Crippen LogP contribution in [0.15, 0.2) is 18.2 Å². The SMILES string of the molecule is Cc1ccc(Cl)cc1C(=O)NC1(C(=O)O)CCCC(C)C1. The molecule has 2 unspecified atom stereocenters. The van der Waals surface area contributed by atoms with E-state index in [0.29, 0.717) is 23.4 Å². The summed E-state index contributed by atoms with van der Waals surface area (Å²) < 4.78 is 0. The Balaban J connectivity index is 2.27. The predicted octanol–water partition coefficient (Wildman–Crippen LogP) is 3.41. The molecule has 4 nitrogen and oxygen atoms in total. The number of carbonyl (C=O) groups is 2. The molecule has 21 heavy (non-hydrogen) atoms. The zero-order valence-corrected chi connectivity index (χ0v) is 13.0. The number of carbonyl (C=O) groups excluding carboxylic acids is 1. The molecule has 1 aromatic rings. The summed E-state index contributed by atoms with van der Waals surface area (Å²) in [7, 11) is 0. The molecule has 0 saturated heterocycles. The van der Waals surface area contributed by atoms with Crippen molar-refractivity contribution >= 4 is 23.5 Å². The minimum absolute atomic E-state index is 0.288. The Bertz CT molecular complexity index is 573. The van der Waals surface area contributed by atoms with Crippen LogP contribution in [0.3, 0.4) is 0 Å². The van der Waals surface area contributed by atoms with Gasteiger partial charge in [-0.1, -0.05) is 37.4 Å². The lowest BCUT2D eigenvalue weighted by Gasteiger charge is -2.37. The second-order valence-corrected chi connectivity index (χ2v) is 6.44. The molecule has 114 valence electrons. The van der Waals surface area contributed by atoms with Gasteiger partial charge in [0, 0.05) is 10.6 Å². The molecule has 0 bridgehead atoms. The number of benzene rings is 1. The van der Waals surface area contributed by atoms with Gasteiger partial charge in [-0.3, -0.25) is 4.79 Å². The van der Waals surface area contributed by atoms with Crippen molar-refractivity contribution in [2.24, 2.45) is 5.92 Å². The van der Waals surface area contributed by atoms with E-state index in [1.165, 1.54) is 0 Å². The van der Waals surface area contributed by atoms with Crippen molar-refractivity contribution in [3.63, 3.8) is 0 Å². The number of aliphatic carboxylic acids is 1. The van der Waals surface area contributed by atoms with Crippen molar-refractivity contribution in [1.29, 1.82) is 0 Å². The highest BCUT2D eigenvalue weighted by Gasteiger charge is 2.43. The fraction of sp³-hybridized carbons (Fsp3) is 0.500. The topological polar surface area (TPSA) is 66.4 Å². The first-order valence-electron chi connectivity index (χ1n) is 7.16. The molecule has 1 fully saturated rings. The van der Waals surface area contributed by atoms with Gasteiger partial charge < -0.3 is 10.4 Å². The smallest absolute Gasteiger partial charge is 0.329 e. The quantitative estimate of drug-likeness (QED) is 0.899. The van der Waals surface area contributed by atoms with E-state index in [2.05, 4.69) is 5.32 Å². The Labute approximate surface area is 129 Å². The fourth-order valence-electron chi connectivity index (χ4n) is 3.04. The lowest BCUT2D eigenvalue weighted by Crippen LogP contribution is -2.56. The number of halogens is 1. The maximum atomic E-state index is 12.5. The summed E-state index contributed by atoms with van der Waals surface area (Å²) in [6, 6.07) is 5.05. The zero-order chi connectivity index (χ0) is 15.6. The molecule has 0 radical (unpaired) electrons. The van der Waals surface area contributed by atoms with Gasteiger partial charge in [0.15, 0.2) is 0 Å². The van der Waals surface area contributed by atoms with Crippen molar-refractivity contribution in [3.8, 4) is 0 Å². The molecular weight excluding hydrogens is 290 g/mol. The number of aryl methyl sites for hydroxylation is 1. The number of carboxylic acids is 1. The van der Waals surface area contributed by atoms with Gasteiger partial charge in [-0.15, -0.1) is 0 Å². The van der Waals surface area contributed by atoms with E-state index < -0.39 is 11.5 Å². The third kappa shape index (κ3) is 3.38. The number of carboxylic acid groups (broad SMARTS) is 1. The first-order valence-corrected chi connectivity index (χ1v) is 7.54. The summed E-state index contributed by atoms with van der Waals surface area (Å²) in [6.45, 7) is 3.83. The molecule has 0 heterocycles. The number of hydrogen-bond donors (Lipinski definition) is 2. The molecule has 1 amide bonds. The molecule has 5 heteroatoms. The summed E-state index contributed by atoms with van der Waals surface area (Å²) in [5.74, 6) is -1.04. The largest absolute Gasteiger partial charge is 0.480 e. The van der Waals surface area contributed by atoms with Crippen LogP contribution in [-0.2, 0) is 4.79 Å². The van der Waals surface area contributed by atoms with Crippen molar-refractivity contribution < 1.29 is 14.7 Å². The Kier molecular flexibility index (Phi) is 4.57. The van der Waals surface area contributed by atoms with Crippen LogP contribution in [0.25, 0.3) is 0 Å². The van der Waals surface area contributed by atoms with Crippen molar-refractivity contribution in [2.45, 2.75) is 45.1 Å². The Morgan fingerprint density at radius 2 is 2.14 bits per heavy atom. The van der Waals surface area contributed by atoms with E-state index in [9.17, 15) is 14.7 Å². The second kappa shape index (κ2) is 6.06. The van der Waals surface area contributed by atoms with Crippen LogP contribution in [-0.4, -0.2) is 22.5 Å². The summed E-state index contributed by atoms with van der Waals surface area (Å²) in [5.41, 5.74) is 0.0476. The summed E-state index contributed by atoms with van der Waals surface area (Å²) in [5, 5.41) is 12.8.